The molecule has 1 fully saturated rings. The second-order valence-electron chi connectivity index (χ2n) is 9.39. The van der Waals surface area contributed by atoms with Crippen molar-refractivity contribution in [2.24, 2.45) is 16.6 Å². The first-order valence-electron chi connectivity index (χ1n) is 10.2. The standard InChI is InChI=1S/C20H42N4O2/c1-7-23-17-16(26-17)13-22-12-15(10-8-9-11-21)24-18(25)20(5,6)14-19(2,3)4/h15-17,22-23H,7-14,21H2,1-6H3,(H,24,25)/t15-,16?,17?/m0/s1. The van der Waals surface area contributed by atoms with Crippen molar-refractivity contribution in [3.63, 3.8) is 0 Å². The molecule has 0 saturated carbocycles. The molecule has 6 nitrogen and oxygen atoms in total. The molecule has 0 aromatic heterocycles. The number of carbonyl (C=O) groups is 1. The molecule has 154 valence electrons. The normalized spacial score (nSPS) is 21.5. The summed E-state index contributed by atoms with van der Waals surface area (Å²) in [5, 5.41) is 10.0. The number of hydrogen-bond acceptors (Lipinski definition) is 5. The van der Waals surface area contributed by atoms with Crippen LogP contribution in [0.15, 0.2) is 0 Å². The molecule has 1 rings (SSSR count). The van der Waals surface area contributed by atoms with E-state index in [1.54, 1.807) is 0 Å². The number of likely N-dealkylation sites (N-methyl/N-ethyl adjacent to an activating group) is 1. The molecule has 1 aliphatic heterocycles. The minimum atomic E-state index is -0.375. The number of nitrogens with one attached hydrogen (secondary N) is 3. The summed E-state index contributed by atoms with van der Waals surface area (Å²) in [6, 6.07) is 0.129. The van der Waals surface area contributed by atoms with Crippen LogP contribution in [0.1, 0.15) is 67.2 Å². The average molecular weight is 371 g/mol. The van der Waals surface area contributed by atoms with Crippen molar-refractivity contribution in [1.82, 2.24) is 16.0 Å². The molecule has 2 unspecified atom stereocenters. The predicted molar refractivity (Wildman–Crippen MR) is 108 cm³/mol. The van der Waals surface area contributed by atoms with Gasteiger partial charge in [0, 0.05) is 24.5 Å². The molecular weight excluding hydrogens is 328 g/mol. The number of nitrogens with two attached hydrogens (primary N) is 1. The molecular formula is C20H42N4O2. The van der Waals surface area contributed by atoms with Gasteiger partial charge < -0.3 is 21.1 Å². The molecule has 1 amide bonds. The van der Waals surface area contributed by atoms with E-state index in [2.05, 4.69) is 43.6 Å². The van der Waals surface area contributed by atoms with E-state index in [9.17, 15) is 4.79 Å². The Morgan fingerprint density at radius 1 is 1.19 bits per heavy atom. The zero-order chi connectivity index (χ0) is 19.8. The number of ether oxygens (including phenoxy) is 1. The maximum Gasteiger partial charge on any atom is 0.225 e. The molecule has 5 N–H and O–H groups in total. The molecule has 1 heterocycles. The van der Waals surface area contributed by atoms with Crippen LogP contribution < -0.4 is 21.7 Å². The first kappa shape index (κ1) is 23.3. The van der Waals surface area contributed by atoms with E-state index in [0.29, 0.717) is 6.54 Å². The van der Waals surface area contributed by atoms with Crippen molar-refractivity contribution in [3.8, 4) is 0 Å². The molecule has 0 radical (unpaired) electrons. The summed E-state index contributed by atoms with van der Waals surface area (Å²) >= 11 is 0. The second-order valence-corrected chi connectivity index (χ2v) is 9.39. The van der Waals surface area contributed by atoms with Gasteiger partial charge in [0.05, 0.1) is 0 Å². The van der Waals surface area contributed by atoms with E-state index in [1.807, 2.05) is 13.8 Å². The Bertz CT molecular complexity index is 421. The Kier molecular flexibility index (Phi) is 9.51. The summed E-state index contributed by atoms with van der Waals surface area (Å²) < 4.78 is 5.55. The maximum atomic E-state index is 12.8. The molecule has 3 atom stereocenters. The fourth-order valence-corrected chi connectivity index (χ4v) is 3.63. The maximum absolute atomic E-state index is 12.8. The van der Waals surface area contributed by atoms with Crippen LogP contribution in [0.2, 0.25) is 0 Å². The Morgan fingerprint density at radius 2 is 1.88 bits per heavy atom. The summed E-state index contributed by atoms with van der Waals surface area (Å²) in [4.78, 5) is 12.8. The fourth-order valence-electron chi connectivity index (χ4n) is 3.63. The highest BCUT2D eigenvalue weighted by Crippen LogP contribution is 2.33. The van der Waals surface area contributed by atoms with Crippen LogP contribution in [0.5, 0.6) is 0 Å². The molecule has 1 aliphatic rings. The molecule has 0 bridgehead atoms. The number of unbranched alkanes of at least 4 members (excludes halogenated alkanes) is 1. The Hall–Kier alpha value is -0.690. The van der Waals surface area contributed by atoms with Gasteiger partial charge in [-0.15, -0.1) is 0 Å². The van der Waals surface area contributed by atoms with E-state index in [-0.39, 0.29) is 35.1 Å². The first-order chi connectivity index (χ1) is 12.1. The highest BCUT2D eigenvalue weighted by molar-refractivity contribution is 5.82. The van der Waals surface area contributed by atoms with Crippen molar-refractivity contribution in [3.05, 3.63) is 0 Å². The molecule has 0 aliphatic carbocycles. The Balaban J connectivity index is 2.47. The van der Waals surface area contributed by atoms with Gasteiger partial charge in [0.2, 0.25) is 5.91 Å². The number of hydrogen-bond donors (Lipinski definition) is 4. The molecule has 0 aromatic rings. The van der Waals surface area contributed by atoms with Gasteiger partial charge in [-0.2, -0.15) is 0 Å². The Labute approximate surface area is 160 Å². The summed E-state index contributed by atoms with van der Waals surface area (Å²) in [5.74, 6) is 0.139. The molecule has 0 aromatic carbocycles. The topological polar surface area (TPSA) is 91.7 Å². The average Bonchev–Trinajstić information content (AvgIpc) is 3.23. The first-order valence-corrected chi connectivity index (χ1v) is 10.2. The van der Waals surface area contributed by atoms with Crippen molar-refractivity contribution in [2.45, 2.75) is 85.6 Å². The highest BCUT2D eigenvalue weighted by Gasteiger charge is 2.37. The molecule has 6 heteroatoms. The third kappa shape index (κ3) is 9.31. The van der Waals surface area contributed by atoms with Crippen molar-refractivity contribution < 1.29 is 9.53 Å². The van der Waals surface area contributed by atoms with Gasteiger partial charge in [-0.1, -0.05) is 48.0 Å². The van der Waals surface area contributed by atoms with Gasteiger partial charge in [-0.3, -0.25) is 10.1 Å². The fraction of sp³-hybridized carbons (Fsp3) is 0.950. The predicted octanol–water partition coefficient (Wildman–Crippen LogP) is 1.99. The number of amides is 1. The van der Waals surface area contributed by atoms with Gasteiger partial charge >= 0.3 is 0 Å². The molecule has 1 saturated heterocycles. The summed E-state index contributed by atoms with van der Waals surface area (Å²) in [5.41, 5.74) is 5.37. The Morgan fingerprint density at radius 3 is 2.46 bits per heavy atom. The third-order valence-corrected chi connectivity index (χ3v) is 4.65. The van der Waals surface area contributed by atoms with Crippen molar-refractivity contribution in [1.29, 1.82) is 0 Å². The van der Waals surface area contributed by atoms with Gasteiger partial charge in [0.25, 0.3) is 0 Å². The van der Waals surface area contributed by atoms with Gasteiger partial charge in [0.1, 0.15) is 12.3 Å². The minimum absolute atomic E-state index is 0.124. The minimum Gasteiger partial charge on any atom is -0.352 e. The largest absolute Gasteiger partial charge is 0.352 e. The third-order valence-electron chi connectivity index (χ3n) is 4.65. The van der Waals surface area contributed by atoms with Crippen LogP contribution in [0, 0.1) is 10.8 Å². The van der Waals surface area contributed by atoms with Crippen LogP contribution in [0.25, 0.3) is 0 Å². The van der Waals surface area contributed by atoms with Crippen LogP contribution in [-0.2, 0) is 9.53 Å². The zero-order valence-electron chi connectivity index (χ0n) is 17.8. The van der Waals surface area contributed by atoms with Gasteiger partial charge in [-0.25, -0.2) is 0 Å². The van der Waals surface area contributed by atoms with Gasteiger partial charge in [-0.05, 0) is 37.8 Å². The number of rotatable bonds is 13. The van der Waals surface area contributed by atoms with Gasteiger partial charge in [0.15, 0.2) is 0 Å². The number of carbonyl (C=O) groups excluding carboxylic acids is 1. The van der Waals surface area contributed by atoms with Crippen molar-refractivity contribution in [2.75, 3.05) is 26.2 Å². The monoisotopic (exact) mass is 370 g/mol. The molecule has 26 heavy (non-hydrogen) atoms. The van der Waals surface area contributed by atoms with Crippen LogP contribution in [-0.4, -0.2) is 50.5 Å². The lowest BCUT2D eigenvalue weighted by Gasteiger charge is -2.33. The summed E-state index contributed by atoms with van der Waals surface area (Å²) in [7, 11) is 0. The summed E-state index contributed by atoms with van der Waals surface area (Å²) in [6.07, 6.45) is 4.25. The zero-order valence-corrected chi connectivity index (χ0v) is 17.8. The molecule has 0 spiro atoms. The quantitative estimate of drug-likeness (QED) is 0.294. The van der Waals surface area contributed by atoms with E-state index in [0.717, 1.165) is 45.3 Å². The SMILES string of the molecule is CCNC1OC1CNC[C@H](CCCCN)NC(=O)C(C)(C)CC(C)(C)C. The summed E-state index contributed by atoms with van der Waals surface area (Å²) in [6.45, 7) is 15.9. The van der Waals surface area contributed by atoms with Crippen LogP contribution >= 0.6 is 0 Å². The second kappa shape index (κ2) is 10.6. The van der Waals surface area contributed by atoms with E-state index >= 15 is 0 Å². The lowest BCUT2D eigenvalue weighted by atomic mass is 9.75. The lowest BCUT2D eigenvalue weighted by molar-refractivity contribution is -0.131. The van der Waals surface area contributed by atoms with E-state index in [4.69, 9.17) is 10.5 Å². The van der Waals surface area contributed by atoms with E-state index in [1.165, 1.54) is 0 Å². The van der Waals surface area contributed by atoms with E-state index < -0.39 is 0 Å². The highest BCUT2D eigenvalue weighted by atomic mass is 16.6. The van der Waals surface area contributed by atoms with Crippen LogP contribution in [0.4, 0.5) is 0 Å². The van der Waals surface area contributed by atoms with Crippen molar-refractivity contribution >= 4 is 5.91 Å². The number of epoxide rings is 1. The lowest BCUT2D eigenvalue weighted by Crippen LogP contribution is -2.48. The van der Waals surface area contributed by atoms with Crippen LogP contribution in [0.3, 0.4) is 0 Å². The smallest absolute Gasteiger partial charge is 0.225 e.